The number of ether oxygens (including phenoxy) is 4. The van der Waals surface area contributed by atoms with Crippen molar-refractivity contribution in [2.45, 2.75) is 173 Å². The lowest BCUT2D eigenvalue weighted by atomic mass is 9.45. The summed E-state index contributed by atoms with van der Waals surface area (Å²) in [6.07, 6.45) is -2.35. The van der Waals surface area contributed by atoms with E-state index in [2.05, 4.69) is 16.0 Å². The van der Waals surface area contributed by atoms with Gasteiger partial charge in [0.05, 0.1) is 43.4 Å². The van der Waals surface area contributed by atoms with E-state index in [1.165, 1.54) is 40.9 Å². The number of alkyl carbamates (subject to hydrolysis) is 1. The van der Waals surface area contributed by atoms with Crippen LogP contribution in [0.4, 0.5) is 9.18 Å². The average Bonchev–Trinajstić information content (AvgIpc) is 3.48. The fourth-order valence-corrected chi connectivity index (χ4v) is 12.8. The summed E-state index contributed by atoms with van der Waals surface area (Å²) in [6.45, 7) is 16.8. The van der Waals surface area contributed by atoms with E-state index in [1.807, 2.05) is 13.0 Å². The molecule has 0 aromatic heterocycles. The minimum absolute atomic E-state index is 0.0182. The molecule has 0 radical (unpaired) electrons. The lowest BCUT2D eigenvalue weighted by Gasteiger charge is -2.62. The summed E-state index contributed by atoms with van der Waals surface area (Å²) in [4.78, 5) is 66.6. The number of rotatable bonds is 10. The number of amides is 1. The van der Waals surface area contributed by atoms with Crippen LogP contribution in [0, 0.1) is 46.3 Å². The van der Waals surface area contributed by atoms with Crippen LogP contribution >= 0.6 is 0 Å². The zero-order chi connectivity index (χ0) is 50.2. The van der Waals surface area contributed by atoms with Crippen molar-refractivity contribution in [2.75, 3.05) is 33.3 Å². The number of alkyl halides is 1. The Morgan fingerprint density at radius 3 is 2.28 bits per heavy atom. The maximum Gasteiger partial charge on any atom is 0.407 e. The molecule has 4 unspecified atom stereocenters. The van der Waals surface area contributed by atoms with E-state index >= 15 is 4.39 Å². The number of hydrogen-bond donors (Lipinski definition) is 8. The third-order valence-electron chi connectivity index (χ3n) is 16.6. The summed E-state index contributed by atoms with van der Waals surface area (Å²) in [5.41, 5.74) is -9.33. The second-order valence-corrected chi connectivity index (χ2v) is 21.4. The van der Waals surface area contributed by atoms with Gasteiger partial charge in [-0.3, -0.25) is 14.4 Å². The molecule has 18 heteroatoms. The van der Waals surface area contributed by atoms with Crippen LogP contribution in [0.1, 0.15) is 114 Å². The van der Waals surface area contributed by atoms with Gasteiger partial charge in [-0.1, -0.05) is 52.3 Å². The number of carbonyl (C=O) groups is 5. The number of methoxy groups -OCH3 is 1. The van der Waals surface area contributed by atoms with Crippen molar-refractivity contribution in [3.8, 4) is 0 Å². The number of ketones is 1. The zero-order valence-corrected chi connectivity index (χ0v) is 41.2. The summed E-state index contributed by atoms with van der Waals surface area (Å²) < 4.78 is 40.8. The molecule has 67 heavy (non-hydrogen) atoms. The van der Waals surface area contributed by atoms with Gasteiger partial charge >= 0.3 is 24.0 Å². The van der Waals surface area contributed by atoms with Gasteiger partial charge < -0.3 is 60.4 Å². The van der Waals surface area contributed by atoms with Crippen LogP contribution in [0.3, 0.4) is 0 Å². The van der Waals surface area contributed by atoms with E-state index in [0.717, 1.165) is 0 Å². The normalized spacial score (nSPS) is 44.9. The molecule has 0 aromatic carbocycles. The second kappa shape index (κ2) is 20.4. The molecular formula is C49H78FN3O14. The van der Waals surface area contributed by atoms with Gasteiger partial charge in [-0.2, -0.15) is 0 Å². The predicted molar refractivity (Wildman–Crippen MR) is 243 cm³/mol. The standard InChI is InChI=1S/C49H78FN3O14/c1-12-36-47(10,63)40(30(6)53-25-26(2)23-46(9,62)39(58)28(4)38(57)29(5)41(59)65-36)66-43(61)52-20-19-51-18-16-37(56)67-49(42(60)64-11)27(3)21-34-33-14-13-31-22-32(54)15-17-44(31,7)48(33,50)35(55)24-45(34,49)8/h13,15,17,26-30,33-36,38-40,51,53,55,57-58,62-63H,12,14,16,18-25H2,1-11H3,(H,52,61)/t26-,27-,28+,29-,30-,33?,34?,35+,36-,38?,39-,40?,44+,45+,46-,47-,48+,49+/m1/s1. The van der Waals surface area contributed by atoms with Gasteiger partial charge in [0.2, 0.25) is 5.60 Å². The third kappa shape index (κ3) is 9.83. The number of aliphatic hydroxyl groups is 5. The van der Waals surface area contributed by atoms with Crippen molar-refractivity contribution in [2.24, 2.45) is 46.3 Å². The molecular weight excluding hydrogens is 874 g/mol. The first-order chi connectivity index (χ1) is 31.1. The largest absolute Gasteiger partial charge is 0.466 e. The minimum atomic E-state index is -2.14. The van der Waals surface area contributed by atoms with Crippen LogP contribution in [-0.4, -0.2) is 148 Å². The Bertz CT molecular complexity index is 1910. The Morgan fingerprint density at radius 1 is 0.970 bits per heavy atom. The molecule has 0 spiro atoms. The smallest absolute Gasteiger partial charge is 0.407 e. The van der Waals surface area contributed by atoms with Crippen LogP contribution in [-0.2, 0) is 38.1 Å². The number of cyclic esters (lactones) is 1. The molecule has 1 saturated heterocycles. The number of halogens is 1. The van der Waals surface area contributed by atoms with E-state index in [9.17, 15) is 49.5 Å². The molecule has 4 aliphatic carbocycles. The zero-order valence-electron chi connectivity index (χ0n) is 41.2. The first-order valence-corrected chi connectivity index (χ1v) is 24.1. The molecule has 0 bridgehead atoms. The van der Waals surface area contributed by atoms with Crippen LogP contribution in [0.25, 0.3) is 0 Å². The lowest BCUT2D eigenvalue weighted by Crippen LogP contribution is -2.69. The highest BCUT2D eigenvalue weighted by Crippen LogP contribution is 2.71. The fourth-order valence-electron chi connectivity index (χ4n) is 12.8. The molecule has 2 saturated carbocycles. The predicted octanol–water partition coefficient (Wildman–Crippen LogP) is 2.97. The number of allylic oxidation sites excluding steroid dienone is 4. The van der Waals surface area contributed by atoms with E-state index < -0.39 is 123 Å². The highest BCUT2D eigenvalue weighted by Gasteiger charge is 2.77. The van der Waals surface area contributed by atoms with Crippen molar-refractivity contribution >= 4 is 29.8 Å². The monoisotopic (exact) mass is 952 g/mol. The first kappa shape index (κ1) is 54.4. The molecule has 380 valence electrons. The molecule has 1 amide bonds. The summed E-state index contributed by atoms with van der Waals surface area (Å²) in [7, 11) is 1.20. The number of esters is 3. The van der Waals surface area contributed by atoms with E-state index in [-0.39, 0.29) is 76.4 Å². The number of hydrogen-bond acceptors (Lipinski definition) is 16. The van der Waals surface area contributed by atoms with Crippen molar-refractivity contribution in [3.05, 3.63) is 23.8 Å². The van der Waals surface area contributed by atoms with Gasteiger partial charge in [0.1, 0.15) is 11.7 Å². The van der Waals surface area contributed by atoms with Gasteiger partial charge in [0.25, 0.3) is 0 Å². The van der Waals surface area contributed by atoms with Crippen LogP contribution in [0.2, 0.25) is 0 Å². The highest BCUT2D eigenvalue weighted by molar-refractivity contribution is 5.93. The lowest BCUT2D eigenvalue weighted by molar-refractivity contribution is -0.232. The van der Waals surface area contributed by atoms with Crippen LogP contribution in [0.15, 0.2) is 23.8 Å². The number of aliphatic hydroxyl groups excluding tert-OH is 3. The summed E-state index contributed by atoms with van der Waals surface area (Å²) in [5, 5.41) is 66.1. The van der Waals surface area contributed by atoms with Gasteiger partial charge in [-0.05, 0) is 91.2 Å². The summed E-state index contributed by atoms with van der Waals surface area (Å²) in [6, 6.07) is -0.719. The van der Waals surface area contributed by atoms with Crippen LogP contribution < -0.4 is 16.0 Å². The van der Waals surface area contributed by atoms with Crippen molar-refractivity contribution in [1.82, 2.24) is 16.0 Å². The molecule has 5 aliphatic rings. The summed E-state index contributed by atoms with van der Waals surface area (Å²) in [5.74, 6) is -6.59. The van der Waals surface area contributed by atoms with Gasteiger partial charge in [0.15, 0.2) is 17.6 Å². The maximum atomic E-state index is 17.7. The van der Waals surface area contributed by atoms with Crippen molar-refractivity contribution < 1.29 is 72.8 Å². The van der Waals surface area contributed by atoms with Crippen molar-refractivity contribution in [3.63, 3.8) is 0 Å². The molecule has 18 atom stereocenters. The van der Waals surface area contributed by atoms with E-state index in [1.54, 1.807) is 40.7 Å². The molecule has 17 nitrogen and oxygen atoms in total. The van der Waals surface area contributed by atoms with Gasteiger partial charge in [-0.25, -0.2) is 14.0 Å². The highest BCUT2D eigenvalue weighted by atomic mass is 19.1. The number of carbonyl (C=O) groups excluding carboxylic acids is 5. The average molecular weight is 952 g/mol. The first-order valence-electron chi connectivity index (χ1n) is 24.1. The Kier molecular flexibility index (Phi) is 16.6. The van der Waals surface area contributed by atoms with Gasteiger partial charge in [-0.15, -0.1) is 0 Å². The maximum absolute atomic E-state index is 17.7. The quantitative estimate of drug-likeness (QED) is 0.0678. The third-order valence-corrected chi connectivity index (χ3v) is 16.6. The molecule has 1 heterocycles. The Labute approximate surface area is 394 Å². The van der Waals surface area contributed by atoms with E-state index in [4.69, 9.17) is 18.9 Å². The van der Waals surface area contributed by atoms with Gasteiger partial charge in [0, 0.05) is 60.7 Å². The fraction of sp³-hybridized carbons (Fsp3) is 0.816. The van der Waals surface area contributed by atoms with Crippen molar-refractivity contribution in [1.29, 1.82) is 0 Å². The van der Waals surface area contributed by atoms with Crippen LogP contribution in [0.5, 0.6) is 0 Å². The Morgan fingerprint density at radius 2 is 1.64 bits per heavy atom. The molecule has 3 fully saturated rings. The topological polar surface area (TPSA) is 260 Å². The molecule has 0 aromatic rings. The molecule has 8 N–H and O–H groups in total. The number of nitrogens with one attached hydrogen (secondary N) is 3. The second-order valence-electron chi connectivity index (χ2n) is 21.4. The Hall–Kier alpha value is -3.52. The summed E-state index contributed by atoms with van der Waals surface area (Å²) >= 11 is 0. The molecule has 1 aliphatic heterocycles. The number of fused-ring (bicyclic) bond motifs is 5. The Balaban J connectivity index is 1.21. The molecule has 5 rings (SSSR count). The SMILES string of the molecule is CC[C@H]1OC(=O)[C@H](C)C(O)[C@H](C)[C@@H](O)[C@](C)(O)C[C@@H](C)CN[C@H](C)C(OC(=O)NCCNCCC(=O)O[C@]2(C(=O)OC)[C@H](C)CC3C4CC=C5CC(=O)C=C[C@]5(C)[C@@]4(F)[C@@H](O)C[C@@]32C)[C@]1(C)O. The minimum Gasteiger partial charge on any atom is -0.466 e. The van der Waals surface area contributed by atoms with E-state index in [0.29, 0.717) is 12.0 Å².